The average Bonchev–Trinajstić information content (AvgIpc) is 2.66. The van der Waals surface area contributed by atoms with Crippen LogP contribution in [0.25, 0.3) is 0 Å². The third kappa shape index (κ3) is 4.80. The number of nitrogens with zero attached hydrogens (tertiary/aromatic N) is 1. The van der Waals surface area contributed by atoms with Gasteiger partial charge in [0.05, 0.1) is 0 Å². The van der Waals surface area contributed by atoms with Gasteiger partial charge in [-0.05, 0) is 44.2 Å². The summed E-state index contributed by atoms with van der Waals surface area (Å²) in [5.41, 5.74) is 1.94. The molecule has 1 aliphatic heterocycles. The molecule has 1 saturated heterocycles. The maximum Gasteiger partial charge on any atom is 0.253 e. The van der Waals surface area contributed by atoms with Gasteiger partial charge in [0.2, 0.25) is 0 Å². The minimum Gasteiger partial charge on any atom is -0.372 e. The Morgan fingerprint density at radius 2 is 1.68 bits per heavy atom. The molecule has 2 amide bonds. The average molecular weight is 348 g/mol. The van der Waals surface area contributed by atoms with Crippen molar-refractivity contribution < 1.29 is 19.1 Å². The van der Waals surface area contributed by atoms with Gasteiger partial charge in [-0.2, -0.15) is 0 Å². The SMILES string of the molecule is CO[C@@H](C)C(=O)Nc1ccccc1C1CCN(C(=O)[C@@H](C)OC)CC1. The second-order valence-electron chi connectivity index (χ2n) is 6.43. The van der Waals surface area contributed by atoms with Gasteiger partial charge in [-0.25, -0.2) is 0 Å². The molecule has 6 nitrogen and oxygen atoms in total. The summed E-state index contributed by atoms with van der Waals surface area (Å²) in [4.78, 5) is 26.2. The minimum atomic E-state index is -0.497. The van der Waals surface area contributed by atoms with Crippen molar-refractivity contribution in [2.24, 2.45) is 0 Å². The Morgan fingerprint density at radius 1 is 1.08 bits per heavy atom. The topological polar surface area (TPSA) is 67.9 Å². The lowest BCUT2D eigenvalue weighted by molar-refractivity contribution is -0.142. The van der Waals surface area contributed by atoms with Crippen LogP contribution in [0.1, 0.15) is 38.2 Å². The van der Waals surface area contributed by atoms with Gasteiger partial charge in [-0.3, -0.25) is 9.59 Å². The molecule has 0 bridgehead atoms. The Kier molecular flexibility index (Phi) is 6.96. The summed E-state index contributed by atoms with van der Waals surface area (Å²) < 4.78 is 10.2. The van der Waals surface area contributed by atoms with E-state index in [4.69, 9.17) is 9.47 Å². The fraction of sp³-hybridized carbons (Fsp3) is 0.579. The zero-order valence-electron chi connectivity index (χ0n) is 15.5. The van der Waals surface area contributed by atoms with Crippen LogP contribution in [0.5, 0.6) is 0 Å². The molecule has 1 aromatic carbocycles. The number of likely N-dealkylation sites (tertiary alicyclic amines) is 1. The molecule has 0 unspecified atom stereocenters. The molecule has 1 heterocycles. The first-order valence-electron chi connectivity index (χ1n) is 8.72. The van der Waals surface area contributed by atoms with Gasteiger partial charge in [0.1, 0.15) is 12.2 Å². The number of hydrogen-bond donors (Lipinski definition) is 1. The minimum absolute atomic E-state index is 0.0384. The Hall–Kier alpha value is -1.92. The van der Waals surface area contributed by atoms with Crippen LogP contribution < -0.4 is 5.32 Å². The smallest absolute Gasteiger partial charge is 0.253 e. The number of carbonyl (C=O) groups excluding carboxylic acids is 2. The lowest BCUT2D eigenvalue weighted by atomic mass is 9.88. The lowest BCUT2D eigenvalue weighted by Gasteiger charge is -2.34. The number of nitrogens with one attached hydrogen (secondary N) is 1. The highest BCUT2D eigenvalue weighted by Gasteiger charge is 2.28. The van der Waals surface area contributed by atoms with Crippen LogP contribution in [-0.4, -0.2) is 56.2 Å². The summed E-state index contributed by atoms with van der Waals surface area (Å²) in [6, 6.07) is 7.86. The standard InChI is InChI=1S/C19H28N2O4/c1-13(24-3)18(22)20-17-8-6-5-7-16(17)15-9-11-21(12-10-15)19(23)14(2)25-4/h5-8,13-15H,9-12H2,1-4H3,(H,20,22)/t13-,14+/m0/s1. The first-order valence-corrected chi connectivity index (χ1v) is 8.72. The van der Waals surface area contributed by atoms with Crippen LogP contribution in [0, 0.1) is 0 Å². The molecule has 0 saturated carbocycles. The number of carbonyl (C=O) groups is 2. The lowest BCUT2D eigenvalue weighted by Crippen LogP contribution is -2.43. The van der Waals surface area contributed by atoms with E-state index >= 15 is 0 Å². The summed E-state index contributed by atoms with van der Waals surface area (Å²) in [7, 11) is 3.07. The zero-order chi connectivity index (χ0) is 18.4. The van der Waals surface area contributed by atoms with E-state index < -0.39 is 12.2 Å². The van der Waals surface area contributed by atoms with Gasteiger partial charge < -0.3 is 19.7 Å². The predicted octanol–water partition coefficient (Wildman–Crippen LogP) is 2.40. The number of amides is 2. The number of anilines is 1. The Morgan fingerprint density at radius 3 is 2.28 bits per heavy atom. The fourth-order valence-corrected chi connectivity index (χ4v) is 3.08. The fourth-order valence-electron chi connectivity index (χ4n) is 3.08. The normalized spacial score (nSPS) is 17.8. The second kappa shape index (κ2) is 8.97. The van der Waals surface area contributed by atoms with Gasteiger partial charge in [0, 0.05) is 33.0 Å². The molecular formula is C19H28N2O4. The van der Waals surface area contributed by atoms with Gasteiger partial charge in [-0.15, -0.1) is 0 Å². The van der Waals surface area contributed by atoms with E-state index in [0.717, 1.165) is 24.1 Å². The second-order valence-corrected chi connectivity index (χ2v) is 6.43. The van der Waals surface area contributed by atoms with Crippen LogP contribution in [0.3, 0.4) is 0 Å². The van der Waals surface area contributed by atoms with Crippen LogP contribution in [-0.2, 0) is 19.1 Å². The Balaban J connectivity index is 2.04. The molecule has 0 aromatic heterocycles. The van der Waals surface area contributed by atoms with Crippen LogP contribution in [0.2, 0.25) is 0 Å². The van der Waals surface area contributed by atoms with Gasteiger partial charge in [0.15, 0.2) is 0 Å². The van der Waals surface area contributed by atoms with Crippen molar-refractivity contribution in [3.63, 3.8) is 0 Å². The molecular weight excluding hydrogens is 320 g/mol. The van der Waals surface area contributed by atoms with E-state index in [-0.39, 0.29) is 11.8 Å². The van der Waals surface area contributed by atoms with Crippen molar-refractivity contribution in [3.8, 4) is 0 Å². The number of benzene rings is 1. The Bertz CT molecular complexity index is 597. The molecule has 1 aliphatic rings. The van der Waals surface area contributed by atoms with E-state index in [2.05, 4.69) is 5.32 Å². The van der Waals surface area contributed by atoms with Gasteiger partial charge in [-0.1, -0.05) is 18.2 Å². The number of methoxy groups -OCH3 is 2. The number of rotatable bonds is 6. The maximum atomic E-state index is 12.2. The first kappa shape index (κ1) is 19.4. The number of piperidine rings is 1. The molecule has 2 rings (SSSR count). The van der Waals surface area contributed by atoms with Gasteiger partial charge in [0.25, 0.3) is 11.8 Å². The van der Waals surface area contributed by atoms with Gasteiger partial charge >= 0.3 is 0 Å². The van der Waals surface area contributed by atoms with Crippen molar-refractivity contribution in [3.05, 3.63) is 29.8 Å². The van der Waals surface area contributed by atoms with Crippen LogP contribution in [0.4, 0.5) is 5.69 Å². The summed E-state index contributed by atoms with van der Waals surface area (Å²) in [6.07, 6.45) is 0.839. The summed E-state index contributed by atoms with van der Waals surface area (Å²) in [5.74, 6) is 0.198. The molecule has 0 radical (unpaired) electrons. The quantitative estimate of drug-likeness (QED) is 0.857. The van der Waals surface area contributed by atoms with E-state index in [1.807, 2.05) is 29.2 Å². The number of hydrogen-bond acceptors (Lipinski definition) is 4. The van der Waals surface area contributed by atoms with Crippen molar-refractivity contribution in [1.29, 1.82) is 0 Å². The number of ether oxygens (including phenoxy) is 2. The van der Waals surface area contributed by atoms with Crippen molar-refractivity contribution >= 4 is 17.5 Å². The maximum absolute atomic E-state index is 12.2. The van der Waals surface area contributed by atoms with Crippen molar-refractivity contribution in [1.82, 2.24) is 4.90 Å². The molecule has 138 valence electrons. The third-order valence-electron chi connectivity index (χ3n) is 4.89. The highest BCUT2D eigenvalue weighted by molar-refractivity contribution is 5.94. The van der Waals surface area contributed by atoms with Crippen LogP contribution >= 0.6 is 0 Å². The largest absolute Gasteiger partial charge is 0.372 e. The Labute approximate surface area is 149 Å². The van der Waals surface area contributed by atoms with E-state index in [9.17, 15) is 9.59 Å². The van der Waals surface area contributed by atoms with E-state index in [1.54, 1.807) is 21.0 Å². The third-order valence-corrected chi connectivity index (χ3v) is 4.89. The van der Waals surface area contributed by atoms with Crippen molar-refractivity contribution in [2.45, 2.75) is 44.8 Å². The summed E-state index contributed by atoms with van der Waals surface area (Å²) in [5, 5.41) is 2.96. The van der Waals surface area contributed by atoms with E-state index in [1.165, 1.54) is 7.11 Å². The predicted molar refractivity (Wildman–Crippen MR) is 96.6 cm³/mol. The number of para-hydroxylation sites is 1. The monoisotopic (exact) mass is 348 g/mol. The molecule has 0 spiro atoms. The van der Waals surface area contributed by atoms with E-state index in [0.29, 0.717) is 19.0 Å². The molecule has 6 heteroatoms. The molecule has 1 aromatic rings. The molecule has 25 heavy (non-hydrogen) atoms. The first-order chi connectivity index (χ1) is 12.0. The van der Waals surface area contributed by atoms with Crippen molar-refractivity contribution in [2.75, 3.05) is 32.6 Å². The molecule has 1 fully saturated rings. The highest BCUT2D eigenvalue weighted by Crippen LogP contribution is 2.33. The molecule has 2 atom stereocenters. The summed E-state index contributed by atoms with van der Waals surface area (Å²) in [6.45, 7) is 4.90. The molecule has 1 N–H and O–H groups in total. The van der Waals surface area contributed by atoms with Crippen LogP contribution in [0.15, 0.2) is 24.3 Å². The zero-order valence-corrected chi connectivity index (χ0v) is 15.5. The highest BCUT2D eigenvalue weighted by atomic mass is 16.5. The summed E-state index contributed by atoms with van der Waals surface area (Å²) >= 11 is 0. The molecule has 0 aliphatic carbocycles.